The van der Waals surface area contributed by atoms with Gasteiger partial charge in [0, 0.05) is 6.54 Å². The number of nitrogens with two attached hydrogens (primary N) is 1. The highest BCUT2D eigenvalue weighted by Crippen LogP contribution is 2.24. The monoisotopic (exact) mass is 223 g/mol. The molecule has 0 aromatic heterocycles. The predicted octanol–water partition coefficient (Wildman–Crippen LogP) is 1.68. The Balaban J connectivity index is 2.58. The first-order chi connectivity index (χ1) is 7.43. The minimum atomic E-state index is -0.595. The minimum Gasteiger partial charge on any atom is -0.491 e. The van der Waals surface area contributed by atoms with Gasteiger partial charge < -0.3 is 15.6 Å². The van der Waals surface area contributed by atoms with Crippen molar-refractivity contribution in [3.63, 3.8) is 0 Å². The second-order valence-electron chi connectivity index (χ2n) is 4.97. The molecule has 0 spiro atoms. The molecule has 3 nitrogen and oxygen atoms in total. The van der Waals surface area contributed by atoms with Crippen LogP contribution in [-0.4, -0.2) is 24.4 Å². The Morgan fingerprint density at radius 3 is 2.25 bits per heavy atom. The number of benzene rings is 1. The highest BCUT2D eigenvalue weighted by Gasteiger charge is 2.13. The number of ether oxygens (including phenoxy) is 1. The number of aliphatic hydroxyl groups is 1. The molecule has 16 heavy (non-hydrogen) atoms. The molecule has 0 saturated heterocycles. The molecule has 1 rings (SSSR count). The van der Waals surface area contributed by atoms with Crippen LogP contribution >= 0.6 is 0 Å². The largest absolute Gasteiger partial charge is 0.491 e. The summed E-state index contributed by atoms with van der Waals surface area (Å²) in [6.07, 6.45) is -0.595. The van der Waals surface area contributed by atoms with Crippen molar-refractivity contribution in [1.82, 2.24) is 0 Å². The standard InChI is InChI=1S/C13H21NO2/c1-13(2,3)10-4-6-12(7-5-10)16-9-11(15)8-14/h4-7,11,15H,8-9,14H2,1-3H3/t11-/m1/s1. The maximum Gasteiger partial charge on any atom is 0.119 e. The SMILES string of the molecule is CC(C)(C)c1ccc(OC[C@H](O)CN)cc1. The lowest BCUT2D eigenvalue weighted by atomic mass is 9.87. The van der Waals surface area contributed by atoms with E-state index in [-0.39, 0.29) is 18.6 Å². The number of hydrogen-bond donors (Lipinski definition) is 2. The van der Waals surface area contributed by atoms with Crippen LogP contribution in [0.4, 0.5) is 0 Å². The zero-order valence-corrected chi connectivity index (χ0v) is 10.2. The van der Waals surface area contributed by atoms with E-state index in [9.17, 15) is 5.11 Å². The van der Waals surface area contributed by atoms with Gasteiger partial charge in [-0.2, -0.15) is 0 Å². The lowest BCUT2D eigenvalue weighted by Crippen LogP contribution is -2.26. The summed E-state index contributed by atoms with van der Waals surface area (Å²) < 4.78 is 5.40. The summed E-state index contributed by atoms with van der Waals surface area (Å²) in [4.78, 5) is 0. The van der Waals surface area contributed by atoms with E-state index in [1.54, 1.807) is 0 Å². The van der Waals surface area contributed by atoms with E-state index in [0.717, 1.165) is 5.75 Å². The molecule has 1 aromatic rings. The lowest BCUT2D eigenvalue weighted by Gasteiger charge is -2.19. The van der Waals surface area contributed by atoms with Gasteiger partial charge in [0.2, 0.25) is 0 Å². The van der Waals surface area contributed by atoms with E-state index in [1.807, 2.05) is 24.3 Å². The van der Waals surface area contributed by atoms with Crippen LogP contribution in [0.1, 0.15) is 26.3 Å². The van der Waals surface area contributed by atoms with Gasteiger partial charge in [0.1, 0.15) is 18.5 Å². The van der Waals surface area contributed by atoms with Crippen molar-refractivity contribution in [2.24, 2.45) is 5.73 Å². The summed E-state index contributed by atoms with van der Waals surface area (Å²) in [5.41, 5.74) is 6.70. The Bertz CT molecular complexity index is 314. The van der Waals surface area contributed by atoms with Crippen molar-refractivity contribution in [3.05, 3.63) is 29.8 Å². The summed E-state index contributed by atoms with van der Waals surface area (Å²) in [6, 6.07) is 7.93. The average Bonchev–Trinajstić information content (AvgIpc) is 2.25. The fourth-order valence-corrected chi connectivity index (χ4v) is 1.31. The predicted molar refractivity (Wildman–Crippen MR) is 65.7 cm³/mol. The fourth-order valence-electron chi connectivity index (χ4n) is 1.31. The molecule has 0 bridgehead atoms. The van der Waals surface area contributed by atoms with Crippen LogP contribution in [0.3, 0.4) is 0 Å². The molecular formula is C13H21NO2. The van der Waals surface area contributed by atoms with E-state index in [4.69, 9.17) is 10.5 Å². The first kappa shape index (κ1) is 13.0. The molecule has 0 amide bonds. The van der Waals surface area contributed by atoms with Crippen LogP contribution in [0.5, 0.6) is 5.75 Å². The second kappa shape index (κ2) is 5.32. The molecule has 3 N–H and O–H groups in total. The number of hydrogen-bond acceptors (Lipinski definition) is 3. The molecule has 0 unspecified atom stereocenters. The summed E-state index contributed by atoms with van der Waals surface area (Å²) in [6.45, 7) is 6.97. The van der Waals surface area contributed by atoms with Crippen LogP contribution in [0.15, 0.2) is 24.3 Å². The molecule has 1 atom stereocenters. The van der Waals surface area contributed by atoms with E-state index in [0.29, 0.717) is 0 Å². The van der Waals surface area contributed by atoms with Crippen LogP contribution < -0.4 is 10.5 Å². The zero-order chi connectivity index (χ0) is 12.2. The number of rotatable bonds is 4. The first-order valence-corrected chi connectivity index (χ1v) is 5.55. The van der Waals surface area contributed by atoms with Gasteiger partial charge >= 0.3 is 0 Å². The molecule has 1 aromatic carbocycles. The molecule has 0 heterocycles. The van der Waals surface area contributed by atoms with Crippen molar-refractivity contribution >= 4 is 0 Å². The van der Waals surface area contributed by atoms with Crippen molar-refractivity contribution in [2.45, 2.75) is 32.3 Å². The molecule has 0 saturated carbocycles. The Kier molecular flexibility index (Phi) is 4.33. The average molecular weight is 223 g/mol. The molecule has 90 valence electrons. The molecule has 0 fully saturated rings. The van der Waals surface area contributed by atoms with Gasteiger partial charge in [0.05, 0.1) is 0 Å². The fraction of sp³-hybridized carbons (Fsp3) is 0.538. The van der Waals surface area contributed by atoms with Crippen LogP contribution in [0, 0.1) is 0 Å². The van der Waals surface area contributed by atoms with Crippen molar-refractivity contribution in [2.75, 3.05) is 13.2 Å². The Morgan fingerprint density at radius 1 is 1.25 bits per heavy atom. The molecule has 0 radical (unpaired) electrons. The number of aliphatic hydroxyl groups excluding tert-OH is 1. The van der Waals surface area contributed by atoms with Crippen LogP contribution in [0.2, 0.25) is 0 Å². The third-order valence-electron chi connectivity index (χ3n) is 2.43. The maximum atomic E-state index is 9.25. The third kappa shape index (κ3) is 3.83. The lowest BCUT2D eigenvalue weighted by molar-refractivity contribution is 0.114. The molecule has 0 aliphatic rings. The quantitative estimate of drug-likeness (QED) is 0.816. The normalized spacial score (nSPS) is 13.6. The van der Waals surface area contributed by atoms with Gasteiger partial charge in [-0.3, -0.25) is 0 Å². The van der Waals surface area contributed by atoms with Crippen molar-refractivity contribution in [3.8, 4) is 5.75 Å². The van der Waals surface area contributed by atoms with Gasteiger partial charge in [0.25, 0.3) is 0 Å². The van der Waals surface area contributed by atoms with Gasteiger partial charge in [-0.15, -0.1) is 0 Å². The summed E-state index contributed by atoms with van der Waals surface area (Å²) in [5.74, 6) is 0.764. The highest BCUT2D eigenvalue weighted by atomic mass is 16.5. The second-order valence-corrected chi connectivity index (χ2v) is 4.97. The van der Waals surface area contributed by atoms with E-state index < -0.39 is 6.10 Å². The van der Waals surface area contributed by atoms with E-state index in [1.165, 1.54) is 5.56 Å². The Labute approximate surface area is 97.2 Å². The smallest absolute Gasteiger partial charge is 0.119 e. The molecule has 0 aliphatic carbocycles. The van der Waals surface area contributed by atoms with E-state index in [2.05, 4.69) is 20.8 Å². The van der Waals surface area contributed by atoms with Gasteiger partial charge in [-0.05, 0) is 23.1 Å². The van der Waals surface area contributed by atoms with Crippen LogP contribution in [0.25, 0.3) is 0 Å². The van der Waals surface area contributed by atoms with Gasteiger partial charge in [-0.25, -0.2) is 0 Å². The third-order valence-corrected chi connectivity index (χ3v) is 2.43. The molecule has 3 heteroatoms. The summed E-state index contributed by atoms with van der Waals surface area (Å²) >= 11 is 0. The first-order valence-electron chi connectivity index (χ1n) is 5.55. The van der Waals surface area contributed by atoms with Gasteiger partial charge in [-0.1, -0.05) is 32.9 Å². The van der Waals surface area contributed by atoms with Gasteiger partial charge in [0.15, 0.2) is 0 Å². The van der Waals surface area contributed by atoms with E-state index >= 15 is 0 Å². The maximum absolute atomic E-state index is 9.25. The van der Waals surface area contributed by atoms with Crippen molar-refractivity contribution < 1.29 is 9.84 Å². The summed E-state index contributed by atoms with van der Waals surface area (Å²) in [5, 5.41) is 9.25. The Hall–Kier alpha value is -1.06. The Morgan fingerprint density at radius 2 is 1.81 bits per heavy atom. The molecule has 0 aliphatic heterocycles. The summed E-state index contributed by atoms with van der Waals surface area (Å²) in [7, 11) is 0. The molecular weight excluding hydrogens is 202 g/mol. The topological polar surface area (TPSA) is 55.5 Å². The minimum absolute atomic E-state index is 0.148. The highest BCUT2D eigenvalue weighted by molar-refractivity contribution is 5.31. The zero-order valence-electron chi connectivity index (χ0n) is 10.2. The van der Waals surface area contributed by atoms with Crippen LogP contribution in [-0.2, 0) is 5.41 Å². The van der Waals surface area contributed by atoms with Crippen molar-refractivity contribution in [1.29, 1.82) is 0 Å².